The number of carbonyl (C=O) groups is 1. The van der Waals surface area contributed by atoms with Crippen LogP contribution in [0.15, 0.2) is 78.9 Å². The highest BCUT2D eigenvalue weighted by Gasteiger charge is 2.17. The lowest BCUT2D eigenvalue weighted by molar-refractivity contribution is -0.121. The van der Waals surface area contributed by atoms with Crippen LogP contribution in [0.1, 0.15) is 36.1 Å². The van der Waals surface area contributed by atoms with Gasteiger partial charge in [-0.15, -0.1) is 0 Å². The smallest absolute Gasteiger partial charge is 0.221 e. The molecule has 0 aliphatic heterocycles. The van der Waals surface area contributed by atoms with E-state index >= 15 is 0 Å². The summed E-state index contributed by atoms with van der Waals surface area (Å²) in [7, 11) is 1.65. The molecular formula is C25H27NO3. The van der Waals surface area contributed by atoms with Crippen molar-refractivity contribution >= 4 is 5.91 Å². The van der Waals surface area contributed by atoms with E-state index in [0.717, 1.165) is 28.2 Å². The second-order valence-corrected chi connectivity index (χ2v) is 6.76. The van der Waals surface area contributed by atoms with Crippen LogP contribution in [0, 0.1) is 0 Å². The van der Waals surface area contributed by atoms with Gasteiger partial charge in [-0.1, -0.05) is 54.6 Å². The Morgan fingerprint density at radius 2 is 1.48 bits per heavy atom. The zero-order valence-electron chi connectivity index (χ0n) is 16.9. The Hall–Kier alpha value is -3.27. The molecule has 0 spiro atoms. The number of aryl methyl sites for hydroxylation is 1. The molecule has 0 aliphatic rings. The van der Waals surface area contributed by atoms with Gasteiger partial charge >= 0.3 is 0 Å². The van der Waals surface area contributed by atoms with E-state index in [1.165, 1.54) is 0 Å². The van der Waals surface area contributed by atoms with Crippen LogP contribution in [-0.4, -0.2) is 19.6 Å². The first-order valence-corrected chi connectivity index (χ1v) is 9.89. The lowest BCUT2D eigenvalue weighted by Gasteiger charge is -2.20. The Balaban J connectivity index is 1.67. The van der Waals surface area contributed by atoms with Crippen molar-refractivity contribution in [2.75, 3.05) is 13.7 Å². The number of hydrogen-bond acceptors (Lipinski definition) is 3. The predicted molar refractivity (Wildman–Crippen MR) is 115 cm³/mol. The second kappa shape index (κ2) is 10.3. The lowest BCUT2D eigenvalue weighted by atomic mass is 9.98. The maximum absolute atomic E-state index is 12.7. The number of nitrogens with one attached hydrogen (secondary N) is 1. The van der Waals surface area contributed by atoms with Crippen molar-refractivity contribution in [1.29, 1.82) is 0 Å². The van der Waals surface area contributed by atoms with Crippen molar-refractivity contribution in [2.45, 2.75) is 25.8 Å². The highest BCUT2D eigenvalue weighted by Crippen LogP contribution is 2.24. The van der Waals surface area contributed by atoms with E-state index in [1.54, 1.807) is 7.11 Å². The van der Waals surface area contributed by atoms with Crippen molar-refractivity contribution in [1.82, 2.24) is 5.32 Å². The summed E-state index contributed by atoms with van der Waals surface area (Å²) in [5.74, 6) is 1.66. The normalized spacial score (nSPS) is 11.5. The number of benzene rings is 3. The highest BCUT2D eigenvalue weighted by atomic mass is 16.5. The Kier molecular flexibility index (Phi) is 7.28. The second-order valence-electron chi connectivity index (χ2n) is 6.76. The third kappa shape index (κ3) is 5.85. The van der Waals surface area contributed by atoms with Crippen molar-refractivity contribution in [3.63, 3.8) is 0 Å². The van der Waals surface area contributed by atoms with Gasteiger partial charge in [0.15, 0.2) is 0 Å². The fraction of sp³-hybridized carbons (Fsp3) is 0.240. The summed E-state index contributed by atoms with van der Waals surface area (Å²) in [6.45, 7) is 2.61. The van der Waals surface area contributed by atoms with Gasteiger partial charge in [-0.3, -0.25) is 4.79 Å². The van der Waals surface area contributed by atoms with Gasteiger partial charge in [-0.25, -0.2) is 0 Å². The molecule has 3 aromatic rings. The molecule has 1 N–H and O–H groups in total. The molecule has 0 radical (unpaired) electrons. The number of methoxy groups -OCH3 is 1. The molecule has 3 aromatic carbocycles. The van der Waals surface area contributed by atoms with E-state index in [1.807, 2.05) is 85.8 Å². The zero-order valence-corrected chi connectivity index (χ0v) is 16.9. The molecule has 1 atom stereocenters. The monoisotopic (exact) mass is 389 g/mol. The molecule has 4 heteroatoms. The summed E-state index contributed by atoms with van der Waals surface area (Å²) in [5, 5.41) is 3.18. The number of amides is 1. The first-order chi connectivity index (χ1) is 14.2. The molecule has 0 aromatic heterocycles. The molecule has 150 valence electrons. The van der Waals surface area contributed by atoms with E-state index in [0.29, 0.717) is 19.4 Å². The molecule has 0 fully saturated rings. The van der Waals surface area contributed by atoms with Gasteiger partial charge in [0.25, 0.3) is 0 Å². The summed E-state index contributed by atoms with van der Waals surface area (Å²) < 4.78 is 10.7. The van der Waals surface area contributed by atoms with Crippen molar-refractivity contribution in [3.8, 4) is 11.5 Å². The average molecular weight is 389 g/mol. The van der Waals surface area contributed by atoms with Crippen LogP contribution in [0.4, 0.5) is 0 Å². The molecular weight excluding hydrogens is 362 g/mol. The van der Waals surface area contributed by atoms with E-state index in [2.05, 4.69) is 5.32 Å². The molecule has 0 saturated carbocycles. The number of hydrogen-bond donors (Lipinski definition) is 1. The van der Waals surface area contributed by atoms with Crippen LogP contribution in [0.5, 0.6) is 11.5 Å². The SMILES string of the molecule is CCOc1ccc(CCC(=O)NC(c2ccccc2)c2ccc(OC)cc2)cc1. The van der Waals surface area contributed by atoms with Gasteiger partial charge in [0.05, 0.1) is 19.8 Å². The molecule has 1 unspecified atom stereocenters. The van der Waals surface area contributed by atoms with Crippen LogP contribution in [0.2, 0.25) is 0 Å². The van der Waals surface area contributed by atoms with Crippen molar-refractivity contribution < 1.29 is 14.3 Å². The molecule has 29 heavy (non-hydrogen) atoms. The largest absolute Gasteiger partial charge is 0.497 e. The Morgan fingerprint density at radius 1 is 0.862 bits per heavy atom. The third-order valence-electron chi connectivity index (χ3n) is 4.76. The molecule has 0 saturated heterocycles. The van der Waals surface area contributed by atoms with Gasteiger partial charge in [-0.05, 0) is 54.3 Å². The van der Waals surface area contributed by atoms with Gasteiger partial charge in [0.2, 0.25) is 5.91 Å². The minimum Gasteiger partial charge on any atom is -0.497 e. The summed E-state index contributed by atoms with van der Waals surface area (Å²) in [5.41, 5.74) is 3.18. The molecule has 3 rings (SSSR count). The van der Waals surface area contributed by atoms with Crippen LogP contribution < -0.4 is 14.8 Å². The summed E-state index contributed by atoms with van der Waals surface area (Å²) >= 11 is 0. The third-order valence-corrected chi connectivity index (χ3v) is 4.76. The fourth-order valence-electron chi connectivity index (χ4n) is 3.21. The van der Waals surface area contributed by atoms with Gasteiger partial charge in [-0.2, -0.15) is 0 Å². The summed E-state index contributed by atoms with van der Waals surface area (Å²) in [6.07, 6.45) is 1.11. The first-order valence-electron chi connectivity index (χ1n) is 9.89. The van der Waals surface area contributed by atoms with E-state index in [4.69, 9.17) is 9.47 Å². The summed E-state index contributed by atoms with van der Waals surface area (Å²) in [4.78, 5) is 12.7. The molecule has 4 nitrogen and oxygen atoms in total. The van der Waals surface area contributed by atoms with E-state index in [9.17, 15) is 4.79 Å². The lowest BCUT2D eigenvalue weighted by Crippen LogP contribution is -2.29. The van der Waals surface area contributed by atoms with Crippen molar-refractivity contribution in [3.05, 3.63) is 95.6 Å². The zero-order chi connectivity index (χ0) is 20.5. The van der Waals surface area contributed by atoms with Gasteiger partial charge in [0, 0.05) is 6.42 Å². The summed E-state index contributed by atoms with van der Waals surface area (Å²) in [6, 6.07) is 25.5. The minimum absolute atomic E-state index is 0.0172. The van der Waals surface area contributed by atoms with E-state index < -0.39 is 0 Å². The standard InChI is InChI=1S/C25H27NO3/c1-3-29-23-14-9-19(10-15-23)11-18-24(27)26-25(20-7-5-4-6-8-20)21-12-16-22(28-2)17-13-21/h4-10,12-17,25H,3,11,18H2,1-2H3,(H,26,27). The van der Waals surface area contributed by atoms with Crippen LogP contribution in [0.25, 0.3) is 0 Å². The van der Waals surface area contributed by atoms with Crippen molar-refractivity contribution in [2.24, 2.45) is 0 Å². The van der Waals surface area contributed by atoms with Gasteiger partial charge in [0.1, 0.15) is 11.5 Å². The van der Waals surface area contributed by atoms with Crippen LogP contribution in [0.3, 0.4) is 0 Å². The van der Waals surface area contributed by atoms with Crippen LogP contribution in [-0.2, 0) is 11.2 Å². The first kappa shape index (κ1) is 20.5. The minimum atomic E-state index is -0.199. The number of ether oxygens (including phenoxy) is 2. The molecule has 0 aliphatic carbocycles. The maximum atomic E-state index is 12.7. The quantitative estimate of drug-likeness (QED) is 0.564. The predicted octanol–water partition coefficient (Wildman–Crippen LogP) is 4.93. The topological polar surface area (TPSA) is 47.6 Å². The molecule has 1 amide bonds. The van der Waals surface area contributed by atoms with E-state index in [-0.39, 0.29) is 11.9 Å². The molecule has 0 bridgehead atoms. The van der Waals surface area contributed by atoms with Gasteiger partial charge < -0.3 is 14.8 Å². The number of rotatable bonds is 9. The Bertz CT molecular complexity index is 890. The average Bonchev–Trinajstić information content (AvgIpc) is 2.78. The number of carbonyl (C=O) groups excluding carboxylic acids is 1. The Morgan fingerprint density at radius 3 is 2.10 bits per heavy atom. The van der Waals surface area contributed by atoms with Crippen LogP contribution >= 0.6 is 0 Å². The maximum Gasteiger partial charge on any atom is 0.221 e. The molecule has 0 heterocycles. The Labute approximate surface area is 172 Å². The fourth-order valence-corrected chi connectivity index (χ4v) is 3.21. The highest BCUT2D eigenvalue weighted by molar-refractivity contribution is 5.77.